The van der Waals surface area contributed by atoms with Gasteiger partial charge in [-0.15, -0.1) is 0 Å². The van der Waals surface area contributed by atoms with Crippen LogP contribution in [0.4, 0.5) is 0 Å². The topological polar surface area (TPSA) is 28.7 Å². The summed E-state index contributed by atoms with van der Waals surface area (Å²) in [6, 6.07) is 4.31. The summed E-state index contributed by atoms with van der Waals surface area (Å²) in [5.41, 5.74) is 5.41. The highest BCUT2D eigenvalue weighted by atomic mass is 15.1. The Labute approximate surface area is 89.7 Å². The van der Waals surface area contributed by atoms with Gasteiger partial charge in [-0.2, -0.15) is 5.10 Å². The first-order chi connectivity index (χ1) is 7.18. The quantitative estimate of drug-likeness (QED) is 0.752. The molecular formula is C13H16N2. The summed E-state index contributed by atoms with van der Waals surface area (Å²) in [6.07, 6.45) is 1.19. The van der Waals surface area contributed by atoms with Crippen molar-refractivity contribution in [1.82, 2.24) is 10.2 Å². The van der Waals surface area contributed by atoms with E-state index in [4.69, 9.17) is 0 Å². The molecule has 1 aromatic heterocycles. The van der Waals surface area contributed by atoms with Crippen LogP contribution in [0, 0.1) is 12.8 Å². The van der Waals surface area contributed by atoms with Gasteiger partial charge >= 0.3 is 0 Å². The lowest BCUT2D eigenvalue weighted by atomic mass is 9.92. The lowest BCUT2D eigenvalue weighted by Crippen LogP contribution is -2.06. The molecule has 2 aromatic rings. The summed E-state index contributed by atoms with van der Waals surface area (Å²) in [5.74, 6) is 1.31. The molecule has 1 aliphatic carbocycles. The van der Waals surface area contributed by atoms with Crippen LogP contribution >= 0.6 is 0 Å². The number of nitrogens with zero attached hydrogens (tertiary/aromatic N) is 1. The molecule has 0 saturated heterocycles. The first-order valence-electron chi connectivity index (χ1n) is 5.65. The minimum absolute atomic E-state index is 0.631. The van der Waals surface area contributed by atoms with Gasteiger partial charge in [0.05, 0.1) is 5.52 Å². The summed E-state index contributed by atoms with van der Waals surface area (Å²) < 4.78 is 0. The van der Waals surface area contributed by atoms with Gasteiger partial charge < -0.3 is 0 Å². The molecule has 0 spiro atoms. The Morgan fingerprint density at radius 3 is 2.93 bits per heavy atom. The molecule has 1 N–H and O–H groups in total. The fraction of sp³-hybridized carbons (Fsp3) is 0.462. The molecule has 0 radical (unpaired) electrons. The first kappa shape index (κ1) is 8.96. The van der Waals surface area contributed by atoms with E-state index < -0.39 is 0 Å². The third-order valence-electron chi connectivity index (χ3n) is 3.69. The number of rotatable bonds is 1. The van der Waals surface area contributed by atoms with Crippen molar-refractivity contribution in [3.63, 3.8) is 0 Å². The average Bonchev–Trinajstić information content (AvgIpc) is 2.74. The summed E-state index contributed by atoms with van der Waals surface area (Å²) in [6.45, 7) is 6.78. The molecule has 0 bridgehead atoms. The van der Waals surface area contributed by atoms with Gasteiger partial charge in [0.1, 0.15) is 0 Å². The highest BCUT2D eigenvalue weighted by molar-refractivity contribution is 5.88. The number of hydrogen-bond acceptors (Lipinski definition) is 1. The maximum atomic E-state index is 4.38. The molecule has 0 saturated carbocycles. The number of hydrogen-bond donors (Lipinski definition) is 1. The zero-order chi connectivity index (χ0) is 10.6. The van der Waals surface area contributed by atoms with Crippen molar-refractivity contribution in [3.8, 4) is 0 Å². The minimum Gasteiger partial charge on any atom is -0.281 e. The molecule has 1 aromatic carbocycles. The number of benzene rings is 1. The summed E-state index contributed by atoms with van der Waals surface area (Å²) in [7, 11) is 0. The average molecular weight is 200 g/mol. The molecule has 0 amide bonds. The Kier molecular flexibility index (Phi) is 1.70. The number of aromatic nitrogens is 2. The second kappa shape index (κ2) is 2.84. The SMILES string of the molecule is Cc1ccc2n[nH]c3c2c1C[C@@H]3C(C)C. The maximum Gasteiger partial charge on any atom is 0.0926 e. The number of nitrogens with one attached hydrogen (secondary N) is 1. The van der Waals surface area contributed by atoms with Crippen LogP contribution in [0.3, 0.4) is 0 Å². The third kappa shape index (κ3) is 1.08. The monoisotopic (exact) mass is 200 g/mol. The van der Waals surface area contributed by atoms with Gasteiger partial charge in [0.15, 0.2) is 0 Å². The van der Waals surface area contributed by atoms with Gasteiger partial charge in [-0.05, 0) is 36.5 Å². The van der Waals surface area contributed by atoms with Crippen LogP contribution in [0.2, 0.25) is 0 Å². The Balaban J connectivity index is 2.30. The van der Waals surface area contributed by atoms with E-state index in [2.05, 4.69) is 43.1 Å². The Morgan fingerprint density at radius 1 is 1.40 bits per heavy atom. The van der Waals surface area contributed by atoms with E-state index in [-0.39, 0.29) is 0 Å². The van der Waals surface area contributed by atoms with Gasteiger partial charge in [0.25, 0.3) is 0 Å². The van der Waals surface area contributed by atoms with E-state index in [9.17, 15) is 0 Å². The Morgan fingerprint density at radius 2 is 2.20 bits per heavy atom. The standard InChI is InChI=1S/C13H16N2/c1-7(2)9-6-10-8(3)4-5-11-12(10)13(9)15-14-11/h4-5,7,9H,6H2,1-3H3,(H,14,15)/t9-/m1/s1. The molecule has 0 unspecified atom stereocenters. The number of aryl methyl sites for hydroxylation is 1. The molecule has 78 valence electrons. The van der Waals surface area contributed by atoms with Gasteiger partial charge in [-0.25, -0.2) is 0 Å². The van der Waals surface area contributed by atoms with Crippen molar-refractivity contribution in [1.29, 1.82) is 0 Å². The van der Waals surface area contributed by atoms with E-state index in [1.54, 1.807) is 0 Å². The van der Waals surface area contributed by atoms with Crippen LogP contribution in [0.5, 0.6) is 0 Å². The van der Waals surface area contributed by atoms with E-state index in [1.807, 2.05) is 0 Å². The van der Waals surface area contributed by atoms with E-state index in [0.717, 1.165) is 5.52 Å². The molecule has 1 atom stereocenters. The van der Waals surface area contributed by atoms with Crippen LogP contribution in [-0.2, 0) is 6.42 Å². The Bertz CT molecular complexity index is 523. The van der Waals surface area contributed by atoms with Crippen LogP contribution < -0.4 is 0 Å². The van der Waals surface area contributed by atoms with Crippen molar-refractivity contribution in [2.24, 2.45) is 5.92 Å². The molecule has 15 heavy (non-hydrogen) atoms. The zero-order valence-corrected chi connectivity index (χ0v) is 9.46. The molecule has 3 rings (SSSR count). The normalized spacial score (nSPS) is 19.3. The third-order valence-corrected chi connectivity index (χ3v) is 3.69. The number of aromatic amines is 1. The fourth-order valence-electron chi connectivity index (χ4n) is 2.73. The molecule has 1 heterocycles. The summed E-state index contributed by atoms with van der Waals surface area (Å²) in [5, 5.41) is 9.00. The summed E-state index contributed by atoms with van der Waals surface area (Å²) in [4.78, 5) is 0. The highest BCUT2D eigenvalue weighted by Gasteiger charge is 2.29. The smallest absolute Gasteiger partial charge is 0.0926 e. The molecule has 0 aliphatic heterocycles. The van der Waals surface area contributed by atoms with Crippen molar-refractivity contribution in [2.45, 2.75) is 33.1 Å². The van der Waals surface area contributed by atoms with Gasteiger partial charge in [0.2, 0.25) is 0 Å². The van der Waals surface area contributed by atoms with Crippen molar-refractivity contribution < 1.29 is 0 Å². The Hall–Kier alpha value is -1.31. The lowest BCUT2D eigenvalue weighted by Gasteiger charge is -2.14. The minimum atomic E-state index is 0.631. The molecule has 0 fully saturated rings. The zero-order valence-electron chi connectivity index (χ0n) is 9.46. The first-order valence-corrected chi connectivity index (χ1v) is 5.65. The fourth-order valence-corrected chi connectivity index (χ4v) is 2.73. The predicted molar refractivity (Wildman–Crippen MR) is 62.1 cm³/mol. The van der Waals surface area contributed by atoms with Crippen LogP contribution in [-0.4, -0.2) is 10.2 Å². The van der Waals surface area contributed by atoms with Crippen molar-refractivity contribution in [2.75, 3.05) is 0 Å². The largest absolute Gasteiger partial charge is 0.281 e. The molecule has 2 heteroatoms. The van der Waals surface area contributed by atoms with Gasteiger partial charge in [-0.1, -0.05) is 19.9 Å². The van der Waals surface area contributed by atoms with E-state index >= 15 is 0 Å². The van der Waals surface area contributed by atoms with Gasteiger partial charge in [0, 0.05) is 17.0 Å². The van der Waals surface area contributed by atoms with Crippen molar-refractivity contribution >= 4 is 10.9 Å². The summed E-state index contributed by atoms with van der Waals surface area (Å²) >= 11 is 0. The highest BCUT2D eigenvalue weighted by Crippen LogP contribution is 2.41. The number of H-pyrrole nitrogens is 1. The molecular weight excluding hydrogens is 184 g/mol. The second-order valence-corrected chi connectivity index (χ2v) is 4.95. The lowest BCUT2D eigenvalue weighted by molar-refractivity contribution is 0.497. The van der Waals surface area contributed by atoms with Crippen LogP contribution in [0.15, 0.2) is 12.1 Å². The maximum absolute atomic E-state index is 4.38. The van der Waals surface area contributed by atoms with Crippen LogP contribution in [0.25, 0.3) is 10.9 Å². The van der Waals surface area contributed by atoms with Gasteiger partial charge in [-0.3, -0.25) is 5.10 Å². The van der Waals surface area contributed by atoms with E-state index in [1.165, 1.54) is 28.6 Å². The van der Waals surface area contributed by atoms with Crippen LogP contribution in [0.1, 0.15) is 36.6 Å². The predicted octanol–water partition coefficient (Wildman–Crippen LogP) is 3.17. The van der Waals surface area contributed by atoms with E-state index in [0.29, 0.717) is 11.8 Å². The molecule has 1 aliphatic rings. The molecule has 2 nitrogen and oxygen atoms in total. The second-order valence-electron chi connectivity index (χ2n) is 4.95. The van der Waals surface area contributed by atoms with Crippen molar-refractivity contribution in [3.05, 3.63) is 29.0 Å².